The maximum Gasteiger partial charge on any atom is 0.349 e. The van der Waals surface area contributed by atoms with Crippen LogP contribution < -0.4 is 10.5 Å². The summed E-state index contributed by atoms with van der Waals surface area (Å²) >= 11 is 1.37. The van der Waals surface area contributed by atoms with Crippen molar-refractivity contribution < 1.29 is 14.6 Å². The lowest BCUT2D eigenvalue weighted by Gasteiger charge is -2.16. The average molecular weight is 326 g/mol. The van der Waals surface area contributed by atoms with Gasteiger partial charge in [-0.25, -0.2) is 4.79 Å². The average Bonchev–Trinajstić information content (AvgIpc) is 2.98. The molecule has 1 heterocycles. The zero-order valence-corrected chi connectivity index (χ0v) is 12.8. The van der Waals surface area contributed by atoms with Gasteiger partial charge in [0.25, 0.3) is 0 Å². The molecule has 23 heavy (non-hydrogen) atoms. The van der Waals surface area contributed by atoms with E-state index >= 15 is 0 Å². The molecular formula is C17H14N2O3S. The lowest BCUT2D eigenvalue weighted by Crippen LogP contribution is -2.18. The van der Waals surface area contributed by atoms with Gasteiger partial charge in [0.05, 0.1) is 4.88 Å². The van der Waals surface area contributed by atoms with Crippen LogP contribution in [0.1, 0.15) is 16.5 Å². The van der Waals surface area contributed by atoms with E-state index in [-0.39, 0.29) is 5.84 Å². The van der Waals surface area contributed by atoms with E-state index in [4.69, 9.17) is 15.9 Å². The van der Waals surface area contributed by atoms with Crippen LogP contribution in [0, 0.1) is 5.41 Å². The molecule has 4 N–H and O–H groups in total. The molecule has 0 radical (unpaired) electrons. The molecule has 5 nitrogen and oxygen atoms in total. The van der Waals surface area contributed by atoms with E-state index in [1.807, 2.05) is 12.1 Å². The van der Waals surface area contributed by atoms with Crippen LogP contribution >= 0.6 is 11.3 Å². The number of thiophene rings is 1. The van der Waals surface area contributed by atoms with E-state index in [0.717, 1.165) is 10.1 Å². The lowest BCUT2D eigenvalue weighted by molar-refractivity contribution is -0.145. The van der Waals surface area contributed by atoms with Gasteiger partial charge in [0.2, 0.25) is 6.10 Å². The van der Waals surface area contributed by atoms with Gasteiger partial charge in [-0.3, -0.25) is 5.41 Å². The van der Waals surface area contributed by atoms with Crippen molar-refractivity contribution in [3.8, 4) is 5.75 Å². The van der Waals surface area contributed by atoms with Gasteiger partial charge in [-0.15, -0.1) is 11.3 Å². The molecule has 2 aromatic carbocycles. The fourth-order valence-corrected chi connectivity index (χ4v) is 3.23. The topological polar surface area (TPSA) is 96.4 Å². The molecule has 0 spiro atoms. The summed E-state index contributed by atoms with van der Waals surface area (Å²) in [5.74, 6) is -0.618. The Balaban J connectivity index is 2.02. The number of aliphatic carboxylic acids is 1. The molecule has 3 aromatic rings. The number of nitrogen functional groups attached to an aromatic ring is 1. The van der Waals surface area contributed by atoms with Crippen molar-refractivity contribution in [3.05, 3.63) is 65.0 Å². The minimum atomic E-state index is -1.09. The summed E-state index contributed by atoms with van der Waals surface area (Å²) in [4.78, 5) is 12.2. The highest BCUT2D eigenvalue weighted by Crippen LogP contribution is 2.35. The number of ether oxygens (including phenoxy) is 1. The molecule has 0 aliphatic heterocycles. The number of amidine groups is 1. The number of fused-ring (bicyclic) bond motifs is 1. The first-order valence-corrected chi connectivity index (χ1v) is 7.69. The van der Waals surface area contributed by atoms with Gasteiger partial charge in [-0.2, -0.15) is 0 Å². The van der Waals surface area contributed by atoms with Crippen molar-refractivity contribution in [2.75, 3.05) is 0 Å². The molecule has 1 aromatic heterocycles. The summed E-state index contributed by atoms with van der Waals surface area (Å²) in [5.41, 5.74) is 6.10. The highest BCUT2D eigenvalue weighted by Gasteiger charge is 2.23. The standard InChI is InChI=1S/C17H14N2O3S/c18-16(19)14-9-11-12(7-4-8-13(11)23-14)22-15(17(20)21)10-5-2-1-3-6-10/h1-9,15H,(H3,18,19)(H,20,21). The minimum absolute atomic E-state index is 0.0185. The predicted molar refractivity (Wildman–Crippen MR) is 90.3 cm³/mol. The summed E-state index contributed by atoms with van der Waals surface area (Å²) in [5, 5.41) is 17.8. The Hall–Kier alpha value is -2.86. The van der Waals surface area contributed by atoms with Crippen molar-refractivity contribution in [1.29, 1.82) is 5.41 Å². The van der Waals surface area contributed by atoms with Gasteiger partial charge in [0.1, 0.15) is 11.6 Å². The first kappa shape index (κ1) is 15.1. The quantitative estimate of drug-likeness (QED) is 0.494. The van der Waals surface area contributed by atoms with E-state index in [1.165, 1.54) is 11.3 Å². The number of carbonyl (C=O) groups is 1. The molecule has 1 unspecified atom stereocenters. The number of benzene rings is 2. The van der Waals surface area contributed by atoms with Crippen LogP contribution in [0.5, 0.6) is 5.75 Å². The van der Waals surface area contributed by atoms with Crippen molar-refractivity contribution in [2.24, 2.45) is 5.73 Å². The summed E-state index contributed by atoms with van der Waals surface area (Å²) in [7, 11) is 0. The third-order valence-electron chi connectivity index (χ3n) is 3.36. The molecule has 0 bridgehead atoms. The van der Waals surface area contributed by atoms with Crippen molar-refractivity contribution >= 4 is 33.2 Å². The number of rotatable bonds is 5. The van der Waals surface area contributed by atoms with Crippen LogP contribution in [0.3, 0.4) is 0 Å². The largest absolute Gasteiger partial charge is 0.478 e. The minimum Gasteiger partial charge on any atom is -0.478 e. The number of hydrogen-bond acceptors (Lipinski definition) is 4. The zero-order valence-electron chi connectivity index (χ0n) is 12.0. The Labute approximate surface area is 136 Å². The van der Waals surface area contributed by atoms with Crippen LogP contribution in [0.2, 0.25) is 0 Å². The molecular weight excluding hydrogens is 312 g/mol. The Bertz CT molecular complexity index is 874. The van der Waals surface area contributed by atoms with Gasteiger partial charge < -0.3 is 15.6 Å². The highest BCUT2D eigenvalue weighted by atomic mass is 32.1. The van der Waals surface area contributed by atoms with Crippen LogP contribution in [0.15, 0.2) is 54.6 Å². The summed E-state index contributed by atoms with van der Waals surface area (Å²) in [6, 6.07) is 15.9. The second kappa shape index (κ2) is 6.10. The molecule has 1 atom stereocenters. The molecule has 0 aliphatic carbocycles. The van der Waals surface area contributed by atoms with Gasteiger partial charge in [-0.05, 0) is 18.2 Å². The first-order chi connectivity index (χ1) is 11.1. The normalized spacial score (nSPS) is 12.0. The van der Waals surface area contributed by atoms with E-state index < -0.39 is 12.1 Å². The van der Waals surface area contributed by atoms with E-state index in [1.54, 1.807) is 42.5 Å². The Kier molecular flexibility index (Phi) is 3.99. The van der Waals surface area contributed by atoms with Crippen LogP contribution in [-0.4, -0.2) is 16.9 Å². The number of hydrogen-bond donors (Lipinski definition) is 3. The van der Waals surface area contributed by atoms with Gasteiger partial charge in [0.15, 0.2) is 0 Å². The van der Waals surface area contributed by atoms with Crippen LogP contribution in [-0.2, 0) is 4.79 Å². The molecule has 3 rings (SSSR count). The molecule has 6 heteroatoms. The highest BCUT2D eigenvalue weighted by molar-refractivity contribution is 7.20. The molecule has 116 valence electrons. The van der Waals surface area contributed by atoms with Crippen molar-refractivity contribution in [3.63, 3.8) is 0 Å². The van der Waals surface area contributed by atoms with Crippen LogP contribution in [0.25, 0.3) is 10.1 Å². The monoisotopic (exact) mass is 326 g/mol. The zero-order chi connectivity index (χ0) is 16.4. The van der Waals surface area contributed by atoms with Crippen molar-refractivity contribution in [2.45, 2.75) is 6.10 Å². The molecule has 0 fully saturated rings. The van der Waals surface area contributed by atoms with Crippen LogP contribution in [0.4, 0.5) is 0 Å². The van der Waals surface area contributed by atoms with Gasteiger partial charge >= 0.3 is 5.97 Å². The Morgan fingerprint density at radius 2 is 1.91 bits per heavy atom. The lowest BCUT2D eigenvalue weighted by atomic mass is 10.1. The molecule has 0 saturated heterocycles. The molecule has 0 aliphatic rings. The summed E-state index contributed by atoms with van der Waals surface area (Å²) < 4.78 is 6.66. The fraction of sp³-hybridized carbons (Fsp3) is 0.0588. The number of carboxylic acids is 1. The third kappa shape index (κ3) is 3.02. The predicted octanol–water partition coefficient (Wildman–Crippen LogP) is 3.39. The molecule has 0 amide bonds. The summed E-state index contributed by atoms with van der Waals surface area (Å²) in [6.07, 6.45) is -1.09. The van der Waals surface area contributed by atoms with E-state index in [9.17, 15) is 9.90 Å². The first-order valence-electron chi connectivity index (χ1n) is 6.87. The smallest absolute Gasteiger partial charge is 0.349 e. The fourth-order valence-electron chi connectivity index (χ4n) is 2.29. The second-order valence-corrected chi connectivity index (χ2v) is 6.02. The molecule has 0 saturated carbocycles. The number of nitrogens with two attached hydrogens (primary N) is 1. The number of carboxylic acid groups (broad SMARTS) is 1. The SMILES string of the molecule is N=C(N)c1cc2c(OC(C(=O)O)c3ccccc3)cccc2s1. The van der Waals surface area contributed by atoms with E-state index in [0.29, 0.717) is 16.2 Å². The third-order valence-corrected chi connectivity index (χ3v) is 4.49. The maximum atomic E-state index is 11.6. The van der Waals surface area contributed by atoms with E-state index in [2.05, 4.69) is 0 Å². The Morgan fingerprint density at radius 3 is 2.57 bits per heavy atom. The summed E-state index contributed by atoms with van der Waals surface area (Å²) in [6.45, 7) is 0. The van der Waals surface area contributed by atoms with Crippen molar-refractivity contribution in [1.82, 2.24) is 0 Å². The maximum absolute atomic E-state index is 11.6. The Morgan fingerprint density at radius 1 is 1.17 bits per heavy atom. The van der Waals surface area contributed by atoms with Gasteiger partial charge in [-0.1, -0.05) is 36.4 Å². The van der Waals surface area contributed by atoms with Gasteiger partial charge in [0, 0.05) is 15.6 Å². The number of nitrogens with one attached hydrogen (secondary N) is 1. The second-order valence-electron chi connectivity index (χ2n) is 4.94.